The number of halogens is 1. The number of aryl methyl sites for hydroxylation is 1. The van der Waals surface area contributed by atoms with Gasteiger partial charge in [0.2, 0.25) is 10.0 Å². The molecule has 2 bridgehead atoms. The van der Waals surface area contributed by atoms with E-state index in [0.29, 0.717) is 18.1 Å². The van der Waals surface area contributed by atoms with Crippen LogP contribution in [-0.2, 0) is 26.6 Å². The van der Waals surface area contributed by atoms with Gasteiger partial charge in [0.05, 0.1) is 29.8 Å². The topological polar surface area (TPSA) is 84.9 Å². The molecule has 3 heterocycles. The summed E-state index contributed by atoms with van der Waals surface area (Å²) < 4.78 is 42.2. The van der Waals surface area contributed by atoms with Crippen molar-refractivity contribution in [3.05, 3.63) is 58.1 Å². The van der Waals surface area contributed by atoms with Gasteiger partial charge in [-0.1, -0.05) is 37.9 Å². The molecule has 0 radical (unpaired) electrons. The number of ether oxygens (including phenoxy) is 2. The normalized spacial score (nSPS) is 36.6. The molecule has 1 saturated carbocycles. The highest BCUT2D eigenvalue weighted by Crippen LogP contribution is 2.59. The van der Waals surface area contributed by atoms with E-state index in [1.54, 1.807) is 13.0 Å². The molecule has 6 atom stereocenters. The summed E-state index contributed by atoms with van der Waals surface area (Å²) in [5, 5.41) is 0.0700. The Morgan fingerprint density at radius 3 is 2.55 bits per heavy atom. The first-order valence-electron chi connectivity index (χ1n) is 16.4. The largest absolute Gasteiger partial charge is 0.490 e. The zero-order chi connectivity index (χ0) is 30.9. The average Bonchev–Trinajstić information content (AvgIpc) is 3.10. The molecule has 5 aliphatic rings. The maximum atomic E-state index is 13.5. The van der Waals surface area contributed by atoms with Crippen molar-refractivity contribution >= 4 is 33.2 Å². The molecule has 1 saturated heterocycles. The van der Waals surface area contributed by atoms with Crippen molar-refractivity contribution in [1.29, 1.82) is 0 Å². The summed E-state index contributed by atoms with van der Waals surface area (Å²) in [7, 11) is -3.86. The van der Waals surface area contributed by atoms with Crippen molar-refractivity contribution in [2.45, 2.75) is 94.8 Å². The van der Waals surface area contributed by atoms with E-state index in [1.165, 1.54) is 11.1 Å². The summed E-state index contributed by atoms with van der Waals surface area (Å²) in [5.41, 5.74) is 3.45. The number of hydrogen-bond acceptors (Lipinski definition) is 6. The van der Waals surface area contributed by atoms with Gasteiger partial charge in [-0.25, -0.2) is 13.1 Å². The third-order valence-electron chi connectivity index (χ3n) is 12.0. The van der Waals surface area contributed by atoms with Crippen LogP contribution < -0.4 is 14.4 Å². The number of anilines is 1. The molecular weight excluding hydrogens is 596 g/mol. The van der Waals surface area contributed by atoms with Gasteiger partial charge < -0.3 is 14.4 Å². The summed E-state index contributed by atoms with van der Waals surface area (Å²) in [5.74, 6) is 0.490. The fourth-order valence-corrected chi connectivity index (χ4v) is 10.6. The molecular formula is C35H45ClN2O5S. The van der Waals surface area contributed by atoms with Crippen LogP contribution in [0.4, 0.5) is 5.69 Å². The van der Waals surface area contributed by atoms with Crippen LogP contribution in [0.1, 0.15) is 93.6 Å². The van der Waals surface area contributed by atoms with Crippen molar-refractivity contribution < 1.29 is 22.7 Å². The van der Waals surface area contributed by atoms with Gasteiger partial charge in [-0.3, -0.25) is 4.79 Å². The Balaban J connectivity index is 1.33. The minimum atomic E-state index is -3.86. The summed E-state index contributed by atoms with van der Waals surface area (Å²) in [6.07, 6.45) is 9.01. The molecule has 2 fully saturated rings. The van der Waals surface area contributed by atoms with E-state index in [2.05, 4.69) is 28.7 Å². The number of nitrogens with one attached hydrogen (secondary N) is 1. The Hall–Kier alpha value is -2.29. The average molecular weight is 641 g/mol. The van der Waals surface area contributed by atoms with Crippen molar-refractivity contribution in [2.75, 3.05) is 31.2 Å². The van der Waals surface area contributed by atoms with Crippen molar-refractivity contribution in [3.63, 3.8) is 0 Å². The molecule has 2 aromatic rings. The number of nitrogens with zero attached hydrogens (tertiary/aromatic N) is 1. The number of sulfonamides is 1. The zero-order valence-electron chi connectivity index (χ0n) is 26.2. The number of carbonyl (C=O) groups is 1. The van der Waals surface area contributed by atoms with Crippen molar-refractivity contribution in [2.24, 2.45) is 17.3 Å². The van der Waals surface area contributed by atoms with Gasteiger partial charge in [-0.15, -0.1) is 0 Å². The van der Waals surface area contributed by atoms with E-state index in [1.807, 2.05) is 25.1 Å². The number of amides is 1. The fraction of sp³-hybridized carbons (Fsp3) is 0.629. The lowest BCUT2D eigenvalue weighted by Crippen LogP contribution is -2.62. The number of benzene rings is 2. The zero-order valence-corrected chi connectivity index (χ0v) is 27.7. The molecule has 1 unspecified atom stereocenters. The molecule has 7 rings (SSSR count). The lowest BCUT2D eigenvalue weighted by Gasteiger charge is -2.61. The van der Waals surface area contributed by atoms with Crippen LogP contribution in [0, 0.1) is 17.3 Å². The van der Waals surface area contributed by atoms with E-state index in [0.717, 1.165) is 93.9 Å². The fourth-order valence-electron chi connectivity index (χ4n) is 9.09. The van der Waals surface area contributed by atoms with Gasteiger partial charge in [-0.05, 0) is 111 Å². The molecule has 238 valence electrons. The van der Waals surface area contributed by atoms with Crippen LogP contribution in [-0.4, -0.2) is 51.5 Å². The Morgan fingerprint density at radius 1 is 1.00 bits per heavy atom. The van der Waals surface area contributed by atoms with Crippen LogP contribution in [0.25, 0.3) is 0 Å². The van der Waals surface area contributed by atoms with Gasteiger partial charge in [0, 0.05) is 35.5 Å². The number of hydrogen-bond donors (Lipinski definition) is 1. The van der Waals surface area contributed by atoms with Gasteiger partial charge in [-0.2, -0.15) is 0 Å². The van der Waals surface area contributed by atoms with Gasteiger partial charge in [0.15, 0.2) is 0 Å². The molecule has 2 aromatic carbocycles. The Morgan fingerprint density at radius 2 is 1.82 bits per heavy atom. The van der Waals surface area contributed by atoms with Gasteiger partial charge >= 0.3 is 0 Å². The molecule has 0 aromatic heterocycles. The minimum Gasteiger partial charge on any atom is -0.490 e. The second-order valence-electron chi connectivity index (χ2n) is 14.7. The summed E-state index contributed by atoms with van der Waals surface area (Å²) >= 11 is 6.45. The number of fused-ring (bicyclic) bond motifs is 5. The molecule has 2 spiro atoms. The molecule has 9 heteroatoms. The predicted molar refractivity (Wildman–Crippen MR) is 173 cm³/mol. The molecule has 1 amide bonds. The predicted octanol–water partition coefficient (Wildman–Crippen LogP) is 6.66. The van der Waals surface area contributed by atoms with Gasteiger partial charge in [0.25, 0.3) is 5.91 Å². The highest BCUT2D eigenvalue weighted by atomic mass is 35.5. The third-order valence-corrected chi connectivity index (χ3v) is 14.2. The second-order valence-corrected chi connectivity index (χ2v) is 17.2. The van der Waals surface area contributed by atoms with E-state index >= 15 is 0 Å². The maximum absolute atomic E-state index is 13.5. The van der Waals surface area contributed by atoms with Crippen LogP contribution in [0.5, 0.6) is 5.75 Å². The van der Waals surface area contributed by atoms with Crippen molar-refractivity contribution in [3.8, 4) is 5.75 Å². The lowest BCUT2D eigenvalue weighted by molar-refractivity contribution is -0.235. The first-order chi connectivity index (χ1) is 20.9. The second kappa shape index (κ2) is 10.9. The van der Waals surface area contributed by atoms with Crippen LogP contribution in [0.3, 0.4) is 0 Å². The Bertz CT molecular complexity index is 1570. The first-order valence-corrected chi connectivity index (χ1v) is 18.4. The Labute approximate surface area is 267 Å². The maximum Gasteiger partial charge on any atom is 0.264 e. The highest BCUT2D eigenvalue weighted by molar-refractivity contribution is 7.90. The quantitative estimate of drug-likeness (QED) is 0.347. The summed E-state index contributed by atoms with van der Waals surface area (Å²) in [6.45, 7) is 9.02. The first kappa shape index (κ1) is 30.4. The highest BCUT2D eigenvalue weighted by Gasteiger charge is 2.58. The minimum absolute atomic E-state index is 0.0400. The van der Waals surface area contributed by atoms with Crippen LogP contribution >= 0.6 is 11.6 Å². The van der Waals surface area contributed by atoms with Crippen LogP contribution in [0.15, 0.2) is 36.4 Å². The van der Waals surface area contributed by atoms with Gasteiger partial charge in [0.1, 0.15) is 5.75 Å². The SMILES string of the molecule is C[C@@H]1[C@@H](C)CCC[C@@]2(CCO2)[C@@H]2CCC2(C)CN2C[C@@]3(CCCc4cc(Cl)ccc43)COc3ccc(cc32)C(=O)NS1(=O)=O. The monoisotopic (exact) mass is 640 g/mol. The third kappa shape index (κ3) is 5.04. The van der Waals surface area contributed by atoms with E-state index < -0.39 is 21.2 Å². The molecule has 44 heavy (non-hydrogen) atoms. The molecule has 7 nitrogen and oxygen atoms in total. The Kier molecular flexibility index (Phi) is 7.53. The standard InChI is InChI=1S/C35H45ClN2O5S/c1-23-6-4-14-35(16-17-43-35)31-12-15-33(31,3)20-38-21-34(13-5-7-25-18-27(36)9-10-28(25)34)22-42-30-11-8-26(19-29(30)38)32(39)37-44(40,41)24(23)2/h8-11,18-19,23-24,31H,4-7,12-17,20-22H2,1-3H3,(H,37,39)/t23-,24+,31+,33?,34-,35+/m0/s1. The molecule has 3 aliphatic heterocycles. The van der Waals surface area contributed by atoms with Crippen LogP contribution in [0.2, 0.25) is 5.02 Å². The van der Waals surface area contributed by atoms with E-state index in [4.69, 9.17) is 21.1 Å². The van der Waals surface area contributed by atoms with E-state index in [9.17, 15) is 13.2 Å². The summed E-state index contributed by atoms with van der Waals surface area (Å²) in [4.78, 5) is 15.9. The summed E-state index contributed by atoms with van der Waals surface area (Å²) in [6, 6.07) is 11.7. The smallest absolute Gasteiger partial charge is 0.264 e. The van der Waals surface area contributed by atoms with Crippen molar-refractivity contribution in [1.82, 2.24) is 4.72 Å². The number of carbonyl (C=O) groups excluding carboxylic acids is 1. The number of rotatable bonds is 0. The van der Waals surface area contributed by atoms with E-state index in [-0.39, 0.29) is 22.3 Å². The molecule has 1 N–H and O–H groups in total. The molecule has 2 aliphatic carbocycles. The lowest BCUT2D eigenvalue weighted by atomic mass is 9.52.